The van der Waals surface area contributed by atoms with Crippen molar-refractivity contribution in [1.82, 2.24) is 0 Å². The third kappa shape index (κ3) is 4.66. The fourth-order valence-electron chi connectivity index (χ4n) is 2.18. The van der Waals surface area contributed by atoms with E-state index in [9.17, 15) is 9.59 Å². The second-order valence-electron chi connectivity index (χ2n) is 4.88. The Bertz CT molecular complexity index is 443. The molecule has 2 rings (SSSR count). The summed E-state index contributed by atoms with van der Waals surface area (Å²) in [6.07, 6.45) is 5.92. The second-order valence-corrected chi connectivity index (χ2v) is 4.88. The van der Waals surface area contributed by atoms with E-state index in [1.165, 1.54) is 44.4 Å². The summed E-state index contributed by atoms with van der Waals surface area (Å²) in [5.41, 5.74) is 0.335. The number of hydrogen-bond acceptors (Lipinski definition) is 3. The van der Waals surface area contributed by atoms with Crippen LogP contribution in [0, 0.1) is 6.92 Å². The highest BCUT2D eigenvalue weighted by Crippen LogP contribution is 2.16. The van der Waals surface area contributed by atoms with Gasteiger partial charge in [-0.2, -0.15) is 0 Å². The third-order valence-corrected chi connectivity index (χ3v) is 3.37. The lowest BCUT2D eigenvalue weighted by molar-refractivity contribution is 0.0696. The first kappa shape index (κ1) is 16.2. The lowest BCUT2D eigenvalue weighted by atomic mass is 9.98. The van der Waals surface area contributed by atoms with E-state index in [1.807, 2.05) is 0 Å². The van der Waals surface area contributed by atoms with Gasteiger partial charge in [0, 0.05) is 0 Å². The minimum absolute atomic E-state index is 0.0277. The Morgan fingerprint density at radius 1 is 1.00 bits per heavy atom. The van der Waals surface area contributed by atoms with Crippen molar-refractivity contribution < 1.29 is 24.9 Å². The highest BCUT2D eigenvalue weighted by atomic mass is 16.4. The van der Waals surface area contributed by atoms with Crippen LogP contribution in [0.2, 0.25) is 0 Å². The van der Waals surface area contributed by atoms with Gasteiger partial charge in [0.15, 0.2) is 0 Å². The molecule has 1 aliphatic rings. The molecule has 0 unspecified atom stereocenters. The van der Waals surface area contributed by atoms with Crippen molar-refractivity contribution in [3.63, 3.8) is 0 Å². The number of aliphatic hydroxyl groups is 1. The monoisotopic (exact) mass is 280 g/mol. The molecule has 110 valence electrons. The molecule has 1 fully saturated rings. The van der Waals surface area contributed by atoms with E-state index in [-0.39, 0.29) is 22.8 Å². The Hall–Kier alpha value is -1.88. The SMILES string of the molecule is Cc1c(C(=O)O)cccc1C(=O)O.OC1CCCCC1. The molecular weight excluding hydrogens is 260 g/mol. The summed E-state index contributed by atoms with van der Waals surface area (Å²) in [6, 6.07) is 4.17. The average Bonchev–Trinajstić information content (AvgIpc) is 2.40. The molecule has 0 atom stereocenters. The predicted octanol–water partition coefficient (Wildman–Crippen LogP) is 2.70. The highest BCUT2D eigenvalue weighted by molar-refractivity contribution is 5.96. The summed E-state index contributed by atoms with van der Waals surface area (Å²) in [4.78, 5) is 21.2. The normalized spacial score (nSPS) is 15.1. The van der Waals surface area contributed by atoms with Gasteiger partial charge >= 0.3 is 11.9 Å². The molecule has 20 heavy (non-hydrogen) atoms. The maximum absolute atomic E-state index is 10.6. The number of aliphatic hydroxyl groups excluding tert-OH is 1. The molecule has 0 radical (unpaired) electrons. The van der Waals surface area contributed by atoms with E-state index in [4.69, 9.17) is 15.3 Å². The number of carboxylic acids is 2. The van der Waals surface area contributed by atoms with E-state index in [2.05, 4.69) is 0 Å². The molecule has 0 bridgehead atoms. The van der Waals surface area contributed by atoms with Crippen LogP contribution in [0.15, 0.2) is 18.2 Å². The number of hydrogen-bond donors (Lipinski definition) is 3. The fourth-order valence-corrected chi connectivity index (χ4v) is 2.18. The van der Waals surface area contributed by atoms with E-state index in [1.54, 1.807) is 0 Å². The molecular formula is C15H20O5. The lowest BCUT2D eigenvalue weighted by Crippen LogP contribution is -2.09. The van der Waals surface area contributed by atoms with Crippen molar-refractivity contribution in [3.05, 3.63) is 34.9 Å². The lowest BCUT2D eigenvalue weighted by Gasteiger charge is -2.14. The summed E-state index contributed by atoms with van der Waals surface area (Å²) in [7, 11) is 0. The molecule has 1 aromatic carbocycles. The van der Waals surface area contributed by atoms with E-state index >= 15 is 0 Å². The van der Waals surface area contributed by atoms with Gasteiger partial charge in [0.25, 0.3) is 0 Å². The molecule has 1 aromatic rings. The number of rotatable bonds is 2. The van der Waals surface area contributed by atoms with Crippen molar-refractivity contribution >= 4 is 11.9 Å². The van der Waals surface area contributed by atoms with Crippen molar-refractivity contribution in [2.75, 3.05) is 0 Å². The first-order valence-electron chi connectivity index (χ1n) is 6.67. The van der Waals surface area contributed by atoms with Gasteiger partial charge in [0.1, 0.15) is 0 Å². The van der Waals surface area contributed by atoms with Crippen LogP contribution in [0.3, 0.4) is 0 Å². The zero-order valence-electron chi connectivity index (χ0n) is 11.5. The van der Waals surface area contributed by atoms with Gasteiger partial charge in [0.2, 0.25) is 0 Å². The number of carbonyl (C=O) groups is 2. The molecule has 0 aromatic heterocycles. The van der Waals surface area contributed by atoms with Crippen LogP contribution < -0.4 is 0 Å². The number of carboxylic acid groups (broad SMARTS) is 2. The summed E-state index contributed by atoms with van der Waals surface area (Å²) >= 11 is 0. The van der Waals surface area contributed by atoms with E-state index in [0.717, 1.165) is 12.8 Å². The Labute approximate surface area is 117 Å². The topological polar surface area (TPSA) is 94.8 Å². The van der Waals surface area contributed by atoms with Gasteiger partial charge in [-0.3, -0.25) is 0 Å². The van der Waals surface area contributed by atoms with Gasteiger partial charge < -0.3 is 15.3 Å². The summed E-state index contributed by atoms with van der Waals surface area (Å²) < 4.78 is 0. The largest absolute Gasteiger partial charge is 0.478 e. The standard InChI is InChI=1S/C9H8O4.C6H12O/c1-5-6(8(10)11)3-2-4-7(5)9(12)13;7-6-4-2-1-3-5-6/h2-4H,1H3,(H,10,11)(H,12,13);6-7H,1-5H2. The fraction of sp³-hybridized carbons (Fsp3) is 0.467. The predicted molar refractivity (Wildman–Crippen MR) is 74.2 cm³/mol. The minimum Gasteiger partial charge on any atom is -0.478 e. The Kier molecular flexibility index (Phi) is 6.18. The van der Waals surface area contributed by atoms with Gasteiger partial charge in [-0.25, -0.2) is 9.59 Å². The van der Waals surface area contributed by atoms with Crippen LogP contribution in [-0.2, 0) is 0 Å². The molecule has 0 amide bonds. The van der Waals surface area contributed by atoms with Crippen LogP contribution >= 0.6 is 0 Å². The van der Waals surface area contributed by atoms with Crippen LogP contribution in [0.5, 0.6) is 0 Å². The van der Waals surface area contributed by atoms with Crippen LogP contribution in [0.4, 0.5) is 0 Å². The minimum atomic E-state index is -1.11. The summed E-state index contributed by atoms with van der Waals surface area (Å²) in [5.74, 6) is -2.22. The molecule has 5 nitrogen and oxygen atoms in total. The molecule has 0 saturated heterocycles. The molecule has 0 aliphatic heterocycles. The smallest absolute Gasteiger partial charge is 0.335 e. The zero-order chi connectivity index (χ0) is 15.1. The first-order chi connectivity index (χ1) is 9.43. The van der Waals surface area contributed by atoms with Gasteiger partial charge in [0.05, 0.1) is 17.2 Å². The van der Waals surface area contributed by atoms with Crippen LogP contribution in [0.25, 0.3) is 0 Å². The quantitative estimate of drug-likeness (QED) is 0.774. The first-order valence-corrected chi connectivity index (χ1v) is 6.67. The van der Waals surface area contributed by atoms with Crippen LogP contribution in [-0.4, -0.2) is 33.4 Å². The Morgan fingerprint density at radius 2 is 1.45 bits per heavy atom. The average molecular weight is 280 g/mol. The molecule has 1 aliphatic carbocycles. The van der Waals surface area contributed by atoms with Gasteiger partial charge in [-0.15, -0.1) is 0 Å². The molecule has 0 heterocycles. The maximum atomic E-state index is 10.6. The zero-order valence-corrected chi connectivity index (χ0v) is 11.5. The van der Waals surface area contributed by atoms with E-state index in [0.29, 0.717) is 0 Å². The summed E-state index contributed by atoms with van der Waals surface area (Å²) in [6.45, 7) is 1.48. The highest BCUT2D eigenvalue weighted by Gasteiger charge is 2.13. The number of benzene rings is 1. The van der Waals surface area contributed by atoms with Crippen molar-refractivity contribution in [2.45, 2.75) is 45.1 Å². The van der Waals surface area contributed by atoms with Crippen LogP contribution in [0.1, 0.15) is 58.4 Å². The second kappa shape index (κ2) is 7.65. The van der Waals surface area contributed by atoms with Gasteiger partial charge in [-0.1, -0.05) is 25.3 Å². The number of aromatic carboxylic acids is 2. The maximum Gasteiger partial charge on any atom is 0.335 e. The van der Waals surface area contributed by atoms with Gasteiger partial charge in [-0.05, 0) is 37.5 Å². The van der Waals surface area contributed by atoms with Crippen molar-refractivity contribution in [1.29, 1.82) is 0 Å². The van der Waals surface area contributed by atoms with E-state index < -0.39 is 11.9 Å². The third-order valence-electron chi connectivity index (χ3n) is 3.37. The molecule has 3 N–H and O–H groups in total. The Balaban J connectivity index is 0.000000240. The molecule has 0 spiro atoms. The Morgan fingerprint density at radius 3 is 1.75 bits per heavy atom. The molecule has 1 saturated carbocycles. The molecule has 5 heteroatoms. The van der Waals surface area contributed by atoms with Crippen molar-refractivity contribution in [2.24, 2.45) is 0 Å². The summed E-state index contributed by atoms with van der Waals surface area (Å²) in [5, 5.41) is 26.3. The van der Waals surface area contributed by atoms with Crippen molar-refractivity contribution in [3.8, 4) is 0 Å².